The molecule has 0 N–H and O–H groups in total. The number of hydrogen-bond acceptors (Lipinski definition) is 5. The molecule has 16 heteroatoms. The van der Waals surface area contributed by atoms with Gasteiger partial charge in [-0.05, 0) is 36.4 Å². The van der Waals surface area contributed by atoms with Gasteiger partial charge in [-0.15, -0.1) is 0 Å². The largest absolute Gasteiger partial charge is 0.743 e. The molecule has 0 fully saturated rings. The summed E-state index contributed by atoms with van der Waals surface area (Å²) in [7, 11) is -5.42. The molecule has 186 valence electrons. The van der Waals surface area contributed by atoms with E-state index >= 15 is 0 Å². The average Bonchev–Trinajstić information content (AvgIpc) is 2.67. The third-order valence-corrected chi connectivity index (χ3v) is 7.42. The maximum Gasteiger partial charge on any atom is 0.438 e. The summed E-state index contributed by atoms with van der Waals surface area (Å²) in [6.07, 6.45) is -12.8. The van der Waals surface area contributed by atoms with Crippen LogP contribution in [0.4, 0.5) is 35.1 Å². The van der Waals surface area contributed by atoms with E-state index in [1.54, 1.807) is 7.11 Å². The first kappa shape index (κ1) is 30.0. The molecular formula is C17H12F8I2O5S. The predicted octanol–water partition coefficient (Wildman–Crippen LogP) is 2.18. The van der Waals surface area contributed by atoms with E-state index in [9.17, 15) is 48.1 Å². The number of benzene rings is 2. The molecule has 0 aromatic heterocycles. The molecule has 0 spiro atoms. The van der Waals surface area contributed by atoms with Crippen LogP contribution >= 0.6 is 22.6 Å². The van der Waals surface area contributed by atoms with Crippen molar-refractivity contribution >= 4 is 32.7 Å². The predicted molar refractivity (Wildman–Crippen MR) is 101 cm³/mol. The highest BCUT2D eigenvalue weighted by atomic mass is 127. The number of rotatable bonds is 8. The Bertz CT molecular complexity index is 1000. The Labute approximate surface area is 206 Å². The summed E-state index contributed by atoms with van der Waals surface area (Å²) in [4.78, 5) is 0. The molecule has 0 saturated heterocycles. The minimum Gasteiger partial charge on any atom is -0.743 e. The van der Waals surface area contributed by atoms with E-state index in [1.807, 2.05) is 16.9 Å². The zero-order valence-electron chi connectivity index (χ0n) is 15.9. The normalized spacial score (nSPS) is 13.2. The summed E-state index contributed by atoms with van der Waals surface area (Å²) >= 11 is -0.451. The van der Waals surface area contributed by atoms with E-state index < -0.39 is 54.1 Å². The molecule has 33 heavy (non-hydrogen) atoms. The SMILES string of the molecule is COc1ccc([I+]c2ccccc2)cc1.O=S(=O)([O-])C(F)(F)C(F)(F)OC(F)(F)C(F)(F)I. The molecule has 0 saturated carbocycles. The van der Waals surface area contributed by atoms with Gasteiger partial charge in [-0.1, -0.05) is 18.2 Å². The molecule has 0 aliphatic heterocycles. The van der Waals surface area contributed by atoms with Crippen molar-refractivity contribution in [1.82, 2.24) is 0 Å². The second-order valence-electron chi connectivity index (χ2n) is 5.65. The molecule has 0 unspecified atom stereocenters. The van der Waals surface area contributed by atoms with Gasteiger partial charge in [0.25, 0.3) is 0 Å². The summed E-state index contributed by atoms with van der Waals surface area (Å²) in [5, 5.41) is -6.65. The van der Waals surface area contributed by atoms with Crippen LogP contribution in [-0.4, -0.2) is 41.5 Å². The molecule has 0 aliphatic rings. The number of halogens is 10. The molecule has 0 amide bonds. The first-order valence-electron chi connectivity index (χ1n) is 8.04. The molecule has 2 aromatic carbocycles. The van der Waals surface area contributed by atoms with Crippen LogP contribution in [0.1, 0.15) is 0 Å². The van der Waals surface area contributed by atoms with E-state index in [-0.39, 0.29) is 21.2 Å². The molecule has 0 radical (unpaired) electrons. The minimum absolute atomic E-state index is 0.0449. The lowest BCUT2D eigenvalue weighted by molar-refractivity contribution is -0.597. The third kappa shape index (κ3) is 8.32. The van der Waals surface area contributed by atoms with Crippen molar-refractivity contribution in [1.29, 1.82) is 0 Å². The Morgan fingerprint density at radius 2 is 1.27 bits per heavy atom. The lowest BCUT2D eigenvalue weighted by Gasteiger charge is -2.31. The van der Waals surface area contributed by atoms with Gasteiger partial charge in [0.15, 0.2) is 17.3 Å². The van der Waals surface area contributed by atoms with Crippen molar-refractivity contribution in [3.05, 3.63) is 61.7 Å². The van der Waals surface area contributed by atoms with E-state index in [2.05, 4.69) is 42.5 Å². The number of alkyl halides is 9. The number of methoxy groups -OCH3 is 1. The summed E-state index contributed by atoms with van der Waals surface area (Å²) in [5.41, 5.74) is 0. The Morgan fingerprint density at radius 1 is 0.818 bits per heavy atom. The Hall–Kier alpha value is -0.990. The zero-order chi connectivity index (χ0) is 25.7. The summed E-state index contributed by atoms with van der Waals surface area (Å²) in [5.74, 6) is 0.927. The van der Waals surface area contributed by atoms with Crippen LogP contribution < -0.4 is 25.9 Å². The summed E-state index contributed by atoms with van der Waals surface area (Å²) in [6, 6.07) is 19.0. The maximum atomic E-state index is 12.4. The fourth-order valence-corrected chi connectivity index (χ4v) is 4.32. The monoisotopic (exact) mass is 734 g/mol. The lowest BCUT2D eigenvalue weighted by atomic mass is 10.3. The van der Waals surface area contributed by atoms with E-state index in [4.69, 9.17) is 4.74 Å². The highest BCUT2D eigenvalue weighted by Crippen LogP contribution is 2.48. The van der Waals surface area contributed by atoms with Crippen LogP contribution in [0.2, 0.25) is 0 Å². The highest BCUT2D eigenvalue weighted by molar-refractivity contribution is 14.1. The van der Waals surface area contributed by atoms with E-state index in [1.165, 1.54) is 7.14 Å². The third-order valence-electron chi connectivity index (χ3n) is 3.24. The summed E-state index contributed by atoms with van der Waals surface area (Å²) in [6.45, 7) is 0. The van der Waals surface area contributed by atoms with Crippen LogP contribution in [0.25, 0.3) is 0 Å². The molecule has 0 atom stereocenters. The molecular weight excluding hydrogens is 722 g/mol. The van der Waals surface area contributed by atoms with Crippen molar-refractivity contribution in [2.75, 3.05) is 7.11 Å². The van der Waals surface area contributed by atoms with Crippen LogP contribution in [0.15, 0.2) is 54.6 Å². The zero-order valence-corrected chi connectivity index (χ0v) is 21.1. The van der Waals surface area contributed by atoms with E-state index in [0.717, 1.165) is 5.75 Å². The van der Waals surface area contributed by atoms with Crippen molar-refractivity contribution < 1.29 is 78.8 Å². The molecule has 0 aliphatic carbocycles. The lowest BCUT2D eigenvalue weighted by Crippen LogP contribution is -3.61. The quantitative estimate of drug-likeness (QED) is 0.180. The van der Waals surface area contributed by atoms with Crippen molar-refractivity contribution in [2.24, 2.45) is 0 Å². The minimum atomic E-state index is -7.12. The Balaban J connectivity index is 0.000000334. The molecule has 0 bridgehead atoms. The van der Waals surface area contributed by atoms with Gasteiger partial charge in [-0.2, -0.15) is 35.1 Å². The van der Waals surface area contributed by atoms with Gasteiger partial charge < -0.3 is 9.29 Å². The molecule has 2 rings (SSSR count). The molecule has 2 aromatic rings. The van der Waals surface area contributed by atoms with Gasteiger partial charge in [-0.3, -0.25) is 0 Å². The van der Waals surface area contributed by atoms with Crippen LogP contribution in [0, 0.1) is 7.14 Å². The van der Waals surface area contributed by atoms with Crippen molar-refractivity contribution in [3.63, 3.8) is 0 Å². The Morgan fingerprint density at radius 3 is 1.67 bits per heavy atom. The number of ether oxygens (including phenoxy) is 2. The standard InChI is InChI=1S/C13H12IO.C4HF8IO4S/c1-15-13-9-7-12(8-10-13)14-11-5-3-2-4-6-11;5-1(6,13)2(7,8)17-3(9,10)4(11,12)18(14,15)16/h2-10H,1H3;(H,14,15,16)/q+1;/p-1. The van der Waals surface area contributed by atoms with Gasteiger partial charge in [-0.25, -0.2) is 13.2 Å². The highest BCUT2D eigenvalue weighted by Gasteiger charge is 2.71. The average molecular weight is 734 g/mol. The topological polar surface area (TPSA) is 75.7 Å². The van der Waals surface area contributed by atoms with Crippen LogP contribution in [0.3, 0.4) is 0 Å². The summed E-state index contributed by atoms with van der Waals surface area (Å²) < 4.78 is 131. The van der Waals surface area contributed by atoms with Crippen molar-refractivity contribution in [2.45, 2.75) is 21.4 Å². The van der Waals surface area contributed by atoms with Crippen molar-refractivity contribution in [3.8, 4) is 5.75 Å². The first-order chi connectivity index (χ1) is 14.8. The second kappa shape index (κ2) is 11.2. The fraction of sp³-hybridized carbons (Fsp3) is 0.294. The molecule has 0 heterocycles. The van der Waals surface area contributed by atoms with Gasteiger partial charge in [0.05, 0.1) is 7.11 Å². The van der Waals surface area contributed by atoms with E-state index in [0.29, 0.717) is 0 Å². The molecule has 5 nitrogen and oxygen atoms in total. The second-order valence-corrected chi connectivity index (χ2v) is 11.5. The first-order valence-corrected chi connectivity index (χ1v) is 12.7. The fourth-order valence-electron chi connectivity index (χ4n) is 1.66. The van der Waals surface area contributed by atoms with Gasteiger partial charge in [0, 0.05) is 22.6 Å². The van der Waals surface area contributed by atoms with Gasteiger partial charge in [0.1, 0.15) is 5.75 Å². The van der Waals surface area contributed by atoms with Gasteiger partial charge >= 0.3 is 42.6 Å². The number of hydrogen-bond donors (Lipinski definition) is 0. The maximum absolute atomic E-state index is 12.4. The van der Waals surface area contributed by atoms with Gasteiger partial charge in [0.2, 0.25) is 0 Å². The Kier molecular flexibility index (Phi) is 10.2. The van der Waals surface area contributed by atoms with Crippen LogP contribution in [0.5, 0.6) is 5.75 Å². The smallest absolute Gasteiger partial charge is 0.438 e. The van der Waals surface area contributed by atoms with Crippen LogP contribution in [-0.2, 0) is 14.9 Å².